The average Bonchev–Trinajstić information content (AvgIpc) is 3.33. The van der Waals surface area contributed by atoms with Crippen LogP contribution in [0.25, 0.3) is 0 Å². The lowest BCUT2D eigenvalue weighted by atomic mass is 9.82. The van der Waals surface area contributed by atoms with Gasteiger partial charge in [0.25, 0.3) is 5.91 Å². The van der Waals surface area contributed by atoms with E-state index in [1.54, 1.807) is 0 Å². The number of carbonyl (C=O) groups is 1. The molecule has 3 heteroatoms. The molecule has 0 saturated heterocycles. The Labute approximate surface area is 127 Å². The predicted octanol–water partition coefficient (Wildman–Crippen LogP) is 3.82. The largest absolute Gasteiger partial charge is 0.382 e. The molecule has 1 amide bonds. The first-order valence-corrected chi connectivity index (χ1v) is 8.41. The molecule has 0 bridgehead atoms. The Kier molecular flexibility index (Phi) is 4.47. The van der Waals surface area contributed by atoms with Gasteiger partial charge in [-0.3, -0.25) is 4.79 Å². The zero-order valence-electron chi connectivity index (χ0n) is 12.9. The van der Waals surface area contributed by atoms with E-state index < -0.39 is 0 Å². The quantitative estimate of drug-likeness (QED) is 0.864. The van der Waals surface area contributed by atoms with Crippen LogP contribution in [0.4, 0.5) is 5.69 Å². The first kappa shape index (κ1) is 14.4. The van der Waals surface area contributed by atoms with E-state index in [9.17, 15) is 4.79 Å². The Bertz CT molecular complexity index is 496. The van der Waals surface area contributed by atoms with Gasteiger partial charge in [0.05, 0.1) is 0 Å². The number of benzene rings is 1. The fourth-order valence-corrected chi connectivity index (χ4v) is 3.60. The van der Waals surface area contributed by atoms with Gasteiger partial charge in [-0.15, -0.1) is 0 Å². The Morgan fingerprint density at radius 2 is 2.05 bits per heavy atom. The lowest BCUT2D eigenvalue weighted by Gasteiger charge is -2.30. The molecule has 0 heterocycles. The van der Waals surface area contributed by atoms with Crippen molar-refractivity contribution in [3.05, 3.63) is 29.8 Å². The summed E-state index contributed by atoms with van der Waals surface area (Å²) in [6.07, 6.45) is 8.22. The molecular weight excluding hydrogens is 260 g/mol. The minimum absolute atomic E-state index is 0.0145. The second-order valence-corrected chi connectivity index (χ2v) is 6.55. The molecule has 0 radical (unpaired) electrons. The maximum absolute atomic E-state index is 11.9. The van der Waals surface area contributed by atoms with Crippen LogP contribution < -0.4 is 10.6 Å². The van der Waals surface area contributed by atoms with Crippen molar-refractivity contribution in [2.45, 2.75) is 51.5 Å². The zero-order valence-corrected chi connectivity index (χ0v) is 12.9. The number of rotatable bonds is 5. The molecule has 114 valence electrons. The number of carbonyl (C=O) groups excluding carboxylic acids is 1. The highest BCUT2D eigenvalue weighted by molar-refractivity contribution is 5.95. The summed E-state index contributed by atoms with van der Waals surface area (Å²) in [6, 6.07) is 8.47. The summed E-state index contributed by atoms with van der Waals surface area (Å²) in [5.74, 6) is 1.96. The molecule has 2 aliphatic carbocycles. The third-order valence-corrected chi connectivity index (χ3v) is 4.84. The van der Waals surface area contributed by atoms with Crippen LogP contribution in [0.2, 0.25) is 0 Å². The van der Waals surface area contributed by atoms with Crippen molar-refractivity contribution in [3.63, 3.8) is 0 Å². The highest BCUT2D eigenvalue weighted by Gasteiger charge is 2.34. The maximum atomic E-state index is 11.9. The second kappa shape index (κ2) is 6.50. The van der Waals surface area contributed by atoms with Crippen molar-refractivity contribution in [1.29, 1.82) is 0 Å². The normalized spacial score (nSPS) is 25.4. The molecule has 1 aromatic carbocycles. The van der Waals surface area contributed by atoms with Crippen LogP contribution in [0.15, 0.2) is 24.3 Å². The van der Waals surface area contributed by atoms with Crippen LogP contribution in [0, 0.1) is 11.8 Å². The van der Waals surface area contributed by atoms with Gasteiger partial charge in [-0.2, -0.15) is 0 Å². The first-order chi connectivity index (χ1) is 10.3. The molecule has 2 saturated carbocycles. The Hall–Kier alpha value is -1.51. The number of hydrogen-bond acceptors (Lipinski definition) is 2. The van der Waals surface area contributed by atoms with Crippen molar-refractivity contribution in [2.75, 3.05) is 11.9 Å². The van der Waals surface area contributed by atoms with Gasteiger partial charge in [0.2, 0.25) is 0 Å². The van der Waals surface area contributed by atoms with Crippen molar-refractivity contribution in [1.82, 2.24) is 5.32 Å². The summed E-state index contributed by atoms with van der Waals surface area (Å²) in [5, 5.41) is 6.51. The van der Waals surface area contributed by atoms with Crippen LogP contribution in [0.3, 0.4) is 0 Å². The maximum Gasteiger partial charge on any atom is 0.251 e. The van der Waals surface area contributed by atoms with E-state index in [0.717, 1.165) is 23.1 Å². The molecule has 2 N–H and O–H groups in total. The minimum atomic E-state index is 0.0145. The highest BCUT2D eigenvalue weighted by atomic mass is 16.1. The van der Waals surface area contributed by atoms with E-state index in [2.05, 4.69) is 16.7 Å². The van der Waals surface area contributed by atoms with Crippen LogP contribution in [0.5, 0.6) is 0 Å². The first-order valence-electron chi connectivity index (χ1n) is 8.41. The van der Waals surface area contributed by atoms with E-state index in [4.69, 9.17) is 0 Å². The number of nitrogens with one attached hydrogen (secondary N) is 2. The van der Waals surface area contributed by atoms with E-state index in [1.807, 2.05) is 25.1 Å². The highest BCUT2D eigenvalue weighted by Crippen LogP contribution is 2.44. The van der Waals surface area contributed by atoms with Crippen molar-refractivity contribution in [3.8, 4) is 0 Å². The molecule has 1 aromatic rings. The smallest absolute Gasteiger partial charge is 0.251 e. The Morgan fingerprint density at radius 1 is 1.19 bits per heavy atom. The molecule has 3 rings (SSSR count). The standard InChI is InChI=1S/C18H26N2O/c1-2-19-18(21)15-6-4-8-17(12-15)20-16-7-3-5-14(11-16)13-9-10-13/h4,6,8,12-14,16,20H,2-3,5,7,9-11H2,1H3,(H,19,21). The SMILES string of the molecule is CCNC(=O)c1cccc(NC2CCCC(C3CC3)C2)c1. The van der Waals surface area contributed by atoms with E-state index in [1.165, 1.54) is 38.5 Å². The van der Waals surface area contributed by atoms with Gasteiger partial charge < -0.3 is 10.6 Å². The molecule has 2 unspecified atom stereocenters. The molecule has 0 aliphatic heterocycles. The van der Waals surface area contributed by atoms with Gasteiger partial charge in [0.15, 0.2) is 0 Å². The topological polar surface area (TPSA) is 41.1 Å². The minimum Gasteiger partial charge on any atom is -0.382 e. The molecule has 0 aromatic heterocycles. The summed E-state index contributed by atoms with van der Waals surface area (Å²) in [6.45, 7) is 2.61. The van der Waals surface area contributed by atoms with Crippen molar-refractivity contribution < 1.29 is 4.79 Å². The third-order valence-electron chi connectivity index (χ3n) is 4.84. The second-order valence-electron chi connectivity index (χ2n) is 6.55. The van der Waals surface area contributed by atoms with E-state index in [0.29, 0.717) is 12.6 Å². The summed E-state index contributed by atoms with van der Waals surface area (Å²) >= 11 is 0. The van der Waals surface area contributed by atoms with Gasteiger partial charge in [0, 0.05) is 23.8 Å². The van der Waals surface area contributed by atoms with Crippen LogP contribution in [0.1, 0.15) is 55.8 Å². The zero-order chi connectivity index (χ0) is 14.7. The summed E-state index contributed by atoms with van der Waals surface area (Å²) in [5.41, 5.74) is 1.83. The van der Waals surface area contributed by atoms with Crippen LogP contribution in [-0.2, 0) is 0 Å². The number of hydrogen-bond donors (Lipinski definition) is 2. The fraction of sp³-hybridized carbons (Fsp3) is 0.611. The Balaban J connectivity index is 1.61. The van der Waals surface area contributed by atoms with E-state index >= 15 is 0 Å². The van der Waals surface area contributed by atoms with Gasteiger partial charge >= 0.3 is 0 Å². The molecule has 3 nitrogen and oxygen atoms in total. The van der Waals surface area contributed by atoms with Crippen molar-refractivity contribution >= 4 is 11.6 Å². The van der Waals surface area contributed by atoms with E-state index in [-0.39, 0.29) is 5.91 Å². The molecule has 2 atom stereocenters. The summed E-state index contributed by atoms with van der Waals surface area (Å²) in [4.78, 5) is 11.9. The van der Waals surface area contributed by atoms with Gasteiger partial charge in [0.1, 0.15) is 0 Å². The third kappa shape index (κ3) is 3.78. The fourth-order valence-electron chi connectivity index (χ4n) is 3.60. The number of anilines is 1. The predicted molar refractivity (Wildman–Crippen MR) is 86.5 cm³/mol. The lowest BCUT2D eigenvalue weighted by Crippen LogP contribution is -2.28. The summed E-state index contributed by atoms with van der Waals surface area (Å²) < 4.78 is 0. The molecular formula is C18H26N2O. The molecule has 0 spiro atoms. The number of amides is 1. The lowest BCUT2D eigenvalue weighted by molar-refractivity contribution is 0.0956. The van der Waals surface area contributed by atoms with Crippen LogP contribution in [-0.4, -0.2) is 18.5 Å². The molecule has 21 heavy (non-hydrogen) atoms. The van der Waals surface area contributed by atoms with Crippen LogP contribution >= 0.6 is 0 Å². The summed E-state index contributed by atoms with van der Waals surface area (Å²) in [7, 11) is 0. The molecule has 2 fully saturated rings. The average molecular weight is 286 g/mol. The van der Waals surface area contributed by atoms with Gasteiger partial charge in [-0.1, -0.05) is 18.9 Å². The monoisotopic (exact) mass is 286 g/mol. The van der Waals surface area contributed by atoms with Crippen molar-refractivity contribution in [2.24, 2.45) is 11.8 Å². The Morgan fingerprint density at radius 3 is 2.81 bits per heavy atom. The van der Waals surface area contributed by atoms with Gasteiger partial charge in [-0.25, -0.2) is 0 Å². The van der Waals surface area contributed by atoms with Gasteiger partial charge in [-0.05, 0) is 62.6 Å². The molecule has 2 aliphatic rings.